The first kappa shape index (κ1) is 19.3. The molecule has 1 aromatic heterocycles. The highest BCUT2D eigenvalue weighted by atomic mass is 16.5. The van der Waals surface area contributed by atoms with E-state index in [9.17, 15) is 4.79 Å². The highest BCUT2D eigenvalue weighted by Gasteiger charge is 2.25. The molecule has 1 amide bonds. The normalized spacial score (nSPS) is 15.0. The van der Waals surface area contributed by atoms with Gasteiger partial charge in [-0.05, 0) is 57.7 Å². The first-order valence-electron chi connectivity index (χ1n) is 9.59. The van der Waals surface area contributed by atoms with Crippen molar-refractivity contribution >= 4 is 17.7 Å². The van der Waals surface area contributed by atoms with Crippen molar-refractivity contribution in [1.29, 1.82) is 0 Å². The van der Waals surface area contributed by atoms with Crippen LogP contribution in [0.4, 0.5) is 11.8 Å². The fraction of sp³-hybridized carbons (Fsp3) is 0.476. The van der Waals surface area contributed by atoms with Gasteiger partial charge in [-0.1, -0.05) is 17.7 Å². The number of aromatic nitrogens is 2. The Bertz CT molecular complexity index is 772. The smallest absolute Gasteiger partial charge is 0.259 e. The van der Waals surface area contributed by atoms with E-state index in [-0.39, 0.29) is 11.9 Å². The maximum Gasteiger partial charge on any atom is 0.259 e. The summed E-state index contributed by atoms with van der Waals surface area (Å²) in [6.45, 7) is 8.20. The lowest BCUT2D eigenvalue weighted by atomic mass is 9.99. The fourth-order valence-electron chi connectivity index (χ4n) is 3.23. The molecule has 0 aliphatic carbocycles. The molecule has 6 heteroatoms. The minimum Gasteiger partial charge on any atom is -0.381 e. The van der Waals surface area contributed by atoms with Crippen LogP contribution >= 0.6 is 0 Å². The molecule has 1 aliphatic rings. The molecule has 1 fully saturated rings. The molecule has 0 saturated carbocycles. The molecule has 1 N–H and O–H groups in total. The van der Waals surface area contributed by atoms with Crippen molar-refractivity contribution < 1.29 is 9.53 Å². The number of rotatable bonds is 6. The SMILES string of the molecule is Cc1cccc(C(=O)N(CC2CCOCC2)c2ccnc(NC(C)C)n2)c1. The number of aryl methyl sites for hydroxylation is 1. The summed E-state index contributed by atoms with van der Waals surface area (Å²) in [5, 5.41) is 3.21. The Morgan fingerprint density at radius 1 is 1.30 bits per heavy atom. The van der Waals surface area contributed by atoms with E-state index >= 15 is 0 Å². The van der Waals surface area contributed by atoms with E-state index in [0.29, 0.717) is 29.8 Å². The number of carbonyl (C=O) groups excluding carboxylic acids is 1. The van der Waals surface area contributed by atoms with Crippen LogP contribution in [0.3, 0.4) is 0 Å². The third-order valence-corrected chi connectivity index (χ3v) is 4.63. The van der Waals surface area contributed by atoms with Crippen LogP contribution < -0.4 is 10.2 Å². The third kappa shape index (κ3) is 5.26. The summed E-state index contributed by atoms with van der Waals surface area (Å²) < 4.78 is 5.47. The Hall–Kier alpha value is -2.47. The molecule has 1 aliphatic heterocycles. The maximum absolute atomic E-state index is 13.3. The highest BCUT2D eigenvalue weighted by molar-refractivity contribution is 6.05. The van der Waals surface area contributed by atoms with E-state index in [0.717, 1.165) is 31.6 Å². The van der Waals surface area contributed by atoms with Gasteiger partial charge in [0.2, 0.25) is 5.95 Å². The van der Waals surface area contributed by atoms with Gasteiger partial charge in [-0.2, -0.15) is 4.98 Å². The van der Waals surface area contributed by atoms with Crippen molar-refractivity contribution in [3.05, 3.63) is 47.7 Å². The second kappa shape index (κ2) is 8.95. The standard InChI is InChI=1S/C21H28N4O2/c1-15(2)23-21-22-10-7-19(24-21)25(14-17-8-11-27-12-9-17)20(26)18-6-4-5-16(3)13-18/h4-7,10,13,15,17H,8-9,11-12,14H2,1-3H3,(H,22,23,24). The van der Waals surface area contributed by atoms with Gasteiger partial charge >= 0.3 is 0 Å². The second-order valence-corrected chi connectivity index (χ2v) is 7.38. The van der Waals surface area contributed by atoms with Crippen LogP contribution in [0.15, 0.2) is 36.5 Å². The van der Waals surface area contributed by atoms with Crippen LogP contribution in [-0.4, -0.2) is 41.7 Å². The fourth-order valence-corrected chi connectivity index (χ4v) is 3.23. The zero-order chi connectivity index (χ0) is 19.2. The van der Waals surface area contributed by atoms with Gasteiger partial charge in [-0.25, -0.2) is 4.98 Å². The third-order valence-electron chi connectivity index (χ3n) is 4.63. The van der Waals surface area contributed by atoms with E-state index in [1.165, 1.54) is 0 Å². The van der Waals surface area contributed by atoms with Crippen LogP contribution in [0.1, 0.15) is 42.6 Å². The van der Waals surface area contributed by atoms with E-state index in [1.54, 1.807) is 17.2 Å². The molecule has 0 radical (unpaired) electrons. The quantitative estimate of drug-likeness (QED) is 0.842. The average Bonchev–Trinajstić information content (AvgIpc) is 2.66. The van der Waals surface area contributed by atoms with Crippen molar-refractivity contribution in [1.82, 2.24) is 9.97 Å². The van der Waals surface area contributed by atoms with Crippen LogP contribution in [0.25, 0.3) is 0 Å². The lowest BCUT2D eigenvalue weighted by Gasteiger charge is -2.29. The van der Waals surface area contributed by atoms with Crippen molar-refractivity contribution in [2.45, 2.75) is 39.7 Å². The molecule has 1 saturated heterocycles. The molecule has 27 heavy (non-hydrogen) atoms. The summed E-state index contributed by atoms with van der Waals surface area (Å²) in [7, 11) is 0. The maximum atomic E-state index is 13.3. The molecule has 144 valence electrons. The van der Waals surface area contributed by atoms with Crippen molar-refractivity contribution in [3.8, 4) is 0 Å². The molecule has 0 bridgehead atoms. The van der Waals surface area contributed by atoms with Gasteiger partial charge in [-0.15, -0.1) is 0 Å². The predicted molar refractivity (Wildman–Crippen MR) is 107 cm³/mol. The number of ether oxygens (including phenoxy) is 1. The number of amides is 1. The van der Waals surface area contributed by atoms with Gasteiger partial charge in [0.05, 0.1) is 0 Å². The van der Waals surface area contributed by atoms with Gasteiger partial charge < -0.3 is 10.1 Å². The largest absolute Gasteiger partial charge is 0.381 e. The molecular formula is C21H28N4O2. The Labute approximate surface area is 161 Å². The number of hydrogen-bond donors (Lipinski definition) is 1. The number of benzene rings is 1. The van der Waals surface area contributed by atoms with Crippen LogP contribution in [0.5, 0.6) is 0 Å². The molecule has 1 aromatic carbocycles. The summed E-state index contributed by atoms with van der Waals surface area (Å²) in [5.41, 5.74) is 1.75. The van der Waals surface area contributed by atoms with Gasteiger partial charge in [-0.3, -0.25) is 9.69 Å². The van der Waals surface area contributed by atoms with E-state index in [4.69, 9.17) is 4.74 Å². The van der Waals surface area contributed by atoms with Gasteiger partial charge in [0, 0.05) is 37.6 Å². The first-order valence-corrected chi connectivity index (χ1v) is 9.59. The molecular weight excluding hydrogens is 340 g/mol. The van der Waals surface area contributed by atoms with Crippen molar-refractivity contribution in [2.75, 3.05) is 30.0 Å². The van der Waals surface area contributed by atoms with Crippen molar-refractivity contribution in [3.63, 3.8) is 0 Å². The number of nitrogens with zero attached hydrogens (tertiary/aromatic N) is 3. The van der Waals surface area contributed by atoms with Crippen LogP contribution in [0.2, 0.25) is 0 Å². The number of anilines is 2. The second-order valence-electron chi connectivity index (χ2n) is 7.38. The average molecular weight is 368 g/mol. The molecule has 0 spiro atoms. The Morgan fingerprint density at radius 3 is 2.78 bits per heavy atom. The Kier molecular flexibility index (Phi) is 6.40. The first-order chi connectivity index (χ1) is 13.0. The number of nitrogens with one attached hydrogen (secondary N) is 1. The number of hydrogen-bond acceptors (Lipinski definition) is 5. The van der Waals surface area contributed by atoms with Crippen LogP contribution in [0, 0.1) is 12.8 Å². The van der Waals surface area contributed by atoms with Crippen LogP contribution in [-0.2, 0) is 4.74 Å². The van der Waals surface area contributed by atoms with Gasteiger partial charge in [0.15, 0.2) is 0 Å². The Balaban J connectivity index is 1.90. The summed E-state index contributed by atoms with van der Waals surface area (Å²) >= 11 is 0. The molecule has 2 aromatic rings. The highest BCUT2D eigenvalue weighted by Crippen LogP contribution is 2.23. The number of carbonyl (C=O) groups is 1. The lowest BCUT2D eigenvalue weighted by Crippen LogP contribution is -2.38. The van der Waals surface area contributed by atoms with Crippen molar-refractivity contribution in [2.24, 2.45) is 5.92 Å². The zero-order valence-electron chi connectivity index (χ0n) is 16.3. The van der Waals surface area contributed by atoms with E-state index < -0.39 is 0 Å². The zero-order valence-corrected chi connectivity index (χ0v) is 16.3. The van der Waals surface area contributed by atoms with E-state index in [2.05, 4.69) is 15.3 Å². The summed E-state index contributed by atoms with van der Waals surface area (Å²) in [6, 6.07) is 9.72. The monoisotopic (exact) mass is 368 g/mol. The molecule has 0 atom stereocenters. The summed E-state index contributed by atoms with van der Waals surface area (Å²) in [4.78, 5) is 24.0. The summed E-state index contributed by atoms with van der Waals surface area (Å²) in [5.74, 6) is 1.55. The topological polar surface area (TPSA) is 67.4 Å². The Morgan fingerprint density at radius 2 is 2.07 bits per heavy atom. The summed E-state index contributed by atoms with van der Waals surface area (Å²) in [6.07, 6.45) is 3.62. The molecule has 6 nitrogen and oxygen atoms in total. The lowest BCUT2D eigenvalue weighted by molar-refractivity contribution is 0.0668. The molecule has 3 rings (SSSR count). The molecule has 0 unspecified atom stereocenters. The minimum absolute atomic E-state index is 0.0283. The van der Waals surface area contributed by atoms with Gasteiger partial charge in [0.25, 0.3) is 5.91 Å². The van der Waals surface area contributed by atoms with Gasteiger partial charge in [0.1, 0.15) is 5.82 Å². The minimum atomic E-state index is -0.0283. The predicted octanol–water partition coefficient (Wildman–Crippen LogP) is 3.68. The van der Waals surface area contributed by atoms with E-state index in [1.807, 2.05) is 45.0 Å². The molecule has 2 heterocycles.